The fourth-order valence-electron chi connectivity index (χ4n) is 1.67. The van der Waals surface area contributed by atoms with Crippen molar-refractivity contribution in [2.24, 2.45) is 0 Å². The maximum absolute atomic E-state index is 4.54. The highest BCUT2D eigenvalue weighted by molar-refractivity contribution is 5.28. The van der Waals surface area contributed by atoms with Gasteiger partial charge in [-0.05, 0) is 49.3 Å². The van der Waals surface area contributed by atoms with E-state index in [0.29, 0.717) is 5.92 Å². The third kappa shape index (κ3) is 1.90. The molecule has 1 heteroatoms. The summed E-state index contributed by atoms with van der Waals surface area (Å²) in [7, 11) is 0. The van der Waals surface area contributed by atoms with Crippen LogP contribution in [0.3, 0.4) is 0 Å². The van der Waals surface area contributed by atoms with E-state index < -0.39 is 0 Å². The van der Waals surface area contributed by atoms with Gasteiger partial charge in [0.1, 0.15) is 0 Å². The van der Waals surface area contributed by atoms with E-state index in [9.17, 15) is 0 Å². The minimum atomic E-state index is 0.553. The molecule has 0 aromatic carbocycles. The van der Waals surface area contributed by atoms with Gasteiger partial charge in [-0.3, -0.25) is 4.98 Å². The minimum Gasteiger partial charge on any atom is -0.258 e. The topological polar surface area (TPSA) is 12.9 Å². The molecule has 0 N–H and O–H groups in total. The van der Waals surface area contributed by atoms with Gasteiger partial charge in [0.05, 0.1) is 0 Å². The van der Waals surface area contributed by atoms with E-state index in [4.69, 9.17) is 0 Å². The van der Waals surface area contributed by atoms with E-state index >= 15 is 0 Å². The summed E-state index contributed by atoms with van der Waals surface area (Å²) in [6, 6.07) is 4.53. The smallest absolute Gasteiger partial charge is 0.0435 e. The van der Waals surface area contributed by atoms with Gasteiger partial charge in [-0.25, -0.2) is 0 Å². The molecule has 0 radical (unpaired) electrons. The molecule has 1 nitrogen and oxygen atoms in total. The van der Waals surface area contributed by atoms with E-state index in [2.05, 4.69) is 37.9 Å². The molecule has 70 valence electrons. The molecule has 2 rings (SSSR count). The molecule has 1 aromatic heterocycles. The van der Waals surface area contributed by atoms with Crippen LogP contribution in [0.1, 0.15) is 55.5 Å². The Morgan fingerprint density at radius 1 is 1.31 bits per heavy atom. The first-order valence-corrected chi connectivity index (χ1v) is 5.15. The first kappa shape index (κ1) is 8.74. The second-order valence-corrected chi connectivity index (χ2v) is 4.40. The van der Waals surface area contributed by atoms with Crippen molar-refractivity contribution in [1.82, 2.24) is 4.98 Å². The van der Waals surface area contributed by atoms with Crippen LogP contribution in [0, 0.1) is 6.92 Å². The van der Waals surface area contributed by atoms with Crippen molar-refractivity contribution in [1.29, 1.82) is 0 Å². The fraction of sp³-hybridized carbons (Fsp3) is 0.583. The number of hydrogen-bond donors (Lipinski definition) is 0. The Morgan fingerprint density at radius 2 is 2.00 bits per heavy atom. The standard InChI is InChI=1S/C12H17N/c1-8(2)12-7-11(10-4-5-10)6-9(3)13-12/h6-8,10H,4-5H2,1-3H3. The summed E-state index contributed by atoms with van der Waals surface area (Å²) in [4.78, 5) is 4.54. The summed E-state index contributed by atoms with van der Waals surface area (Å²) >= 11 is 0. The Balaban J connectivity index is 2.36. The number of nitrogens with zero attached hydrogens (tertiary/aromatic N) is 1. The number of aromatic nitrogens is 1. The van der Waals surface area contributed by atoms with Gasteiger partial charge in [-0.2, -0.15) is 0 Å². The summed E-state index contributed by atoms with van der Waals surface area (Å²) < 4.78 is 0. The van der Waals surface area contributed by atoms with Crippen LogP contribution in [-0.4, -0.2) is 4.98 Å². The summed E-state index contributed by atoms with van der Waals surface area (Å²) in [5.74, 6) is 1.40. The van der Waals surface area contributed by atoms with Crippen molar-refractivity contribution in [2.75, 3.05) is 0 Å². The first-order chi connectivity index (χ1) is 6.16. The van der Waals surface area contributed by atoms with E-state index in [1.54, 1.807) is 0 Å². The molecule has 0 bridgehead atoms. The molecule has 0 unspecified atom stereocenters. The van der Waals surface area contributed by atoms with Crippen LogP contribution in [0.4, 0.5) is 0 Å². The lowest BCUT2D eigenvalue weighted by Crippen LogP contribution is -1.96. The molecule has 0 saturated heterocycles. The van der Waals surface area contributed by atoms with Gasteiger partial charge in [0.15, 0.2) is 0 Å². The third-order valence-electron chi connectivity index (χ3n) is 2.64. The van der Waals surface area contributed by atoms with E-state index in [1.807, 2.05) is 0 Å². The molecule has 0 atom stereocenters. The molecular formula is C12H17N. The van der Waals surface area contributed by atoms with Crippen LogP contribution in [0.5, 0.6) is 0 Å². The second kappa shape index (κ2) is 3.13. The molecule has 1 aromatic rings. The highest BCUT2D eigenvalue weighted by atomic mass is 14.7. The normalized spacial score (nSPS) is 16.6. The molecule has 1 aliphatic rings. The van der Waals surface area contributed by atoms with Crippen molar-refractivity contribution >= 4 is 0 Å². The lowest BCUT2D eigenvalue weighted by atomic mass is 10.0. The Morgan fingerprint density at radius 3 is 2.54 bits per heavy atom. The highest BCUT2D eigenvalue weighted by Gasteiger charge is 2.24. The highest BCUT2D eigenvalue weighted by Crippen LogP contribution is 2.40. The SMILES string of the molecule is Cc1cc(C2CC2)cc(C(C)C)n1. The van der Waals surface area contributed by atoms with Crippen LogP contribution >= 0.6 is 0 Å². The molecular weight excluding hydrogens is 158 g/mol. The summed E-state index contributed by atoms with van der Waals surface area (Å²) in [6.45, 7) is 6.51. The zero-order chi connectivity index (χ0) is 9.42. The molecule has 1 aliphatic carbocycles. The van der Waals surface area contributed by atoms with Crippen molar-refractivity contribution in [3.8, 4) is 0 Å². The Bertz CT molecular complexity index is 291. The van der Waals surface area contributed by atoms with Crippen LogP contribution in [0.25, 0.3) is 0 Å². The minimum absolute atomic E-state index is 0.553. The van der Waals surface area contributed by atoms with Gasteiger partial charge < -0.3 is 0 Å². The number of pyridine rings is 1. The number of rotatable bonds is 2. The lowest BCUT2D eigenvalue weighted by Gasteiger charge is -2.08. The van der Waals surface area contributed by atoms with Crippen molar-refractivity contribution in [3.63, 3.8) is 0 Å². The lowest BCUT2D eigenvalue weighted by molar-refractivity contribution is 0.809. The molecule has 13 heavy (non-hydrogen) atoms. The van der Waals surface area contributed by atoms with Gasteiger partial charge in [-0.1, -0.05) is 13.8 Å². The van der Waals surface area contributed by atoms with Crippen molar-refractivity contribution in [3.05, 3.63) is 29.1 Å². The zero-order valence-electron chi connectivity index (χ0n) is 8.67. The summed E-state index contributed by atoms with van der Waals surface area (Å²) in [5.41, 5.74) is 3.94. The summed E-state index contributed by atoms with van der Waals surface area (Å²) in [6.07, 6.45) is 2.75. The number of hydrogen-bond acceptors (Lipinski definition) is 1. The van der Waals surface area contributed by atoms with Crippen LogP contribution in [0.2, 0.25) is 0 Å². The fourth-order valence-corrected chi connectivity index (χ4v) is 1.67. The third-order valence-corrected chi connectivity index (χ3v) is 2.64. The van der Waals surface area contributed by atoms with Crippen LogP contribution in [-0.2, 0) is 0 Å². The Hall–Kier alpha value is -0.850. The van der Waals surface area contributed by atoms with Gasteiger partial charge in [-0.15, -0.1) is 0 Å². The van der Waals surface area contributed by atoms with Gasteiger partial charge in [0.2, 0.25) is 0 Å². The van der Waals surface area contributed by atoms with Crippen LogP contribution in [0.15, 0.2) is 12.1 Å². The van der Waals surface area contributed by atoms with E-state index in [-0.39, 0.29) is 0 Å². The number of aryl methyl sites for hydroxylation is 1. The second-order valence-electron chi connectivity index (χ2n) is 4.40. The van der Waals surface area contributed by atoms with Gasteiger partial charge in [0, 0.05) is 11.4 Å². The van der Waals surface area contributed by atoms with Crippen molar-refractivity contribution in [2.45, 2.75) is 45.4 Å². The largest absolute Gasteiger partial charge is 0.258 e. The monoisotopic (exact) mass is 175 g/mol. The molecule has 1 heterocycles. The zero-order valence-corrected chi connectivity index (χ0v) is 8.67. The van der Waals surface area contributed by atoms with Gasteiger partial charge in [0.25, 0.3) is 0 Å². The predicted molar refractivity (Wildman–Crippen MR) is 55.0 cm³/mol. The molecule has 1 fully saturated rings. The maximum Gasteiger partial charge on any atom is 0.0435 e. The summed E-state index contributed by atoms with van der Waals surface area (Å²) in [5, 5.41) is 0. The molecule has 1 saturated carbocycles. The maximum atomic E-state index is 4.54. The predicted octanol–water partition coefficient (Wildman–Crippen LogP) is 3.39. The van der Waals surface area contributed by atoms with Crippen LogP contribution < -0.4 is 0 Å². The molecule has 0 aliphatic heterocycles. The van der Waals surface area contributed by atoms with E-state index in [1.165, 1.54) is 29.8 Å². The Labute approximate surface area is 80.2 Å². The average molecular weight is 175 g/mol. The average Bonchev–Trinajstić information content (AvgIpc) is 2.85. The first-order valence-electron chi connectivity index (χ1n) is 5.15. The Kier molecular flexibility index (Phi) is 2.10. The van der Waals surface area contributed by atoms with E-state index in [0.717, 1.165) is 5.92 Å². The van der Waals surface area contributed by atoms with Crippen molar-refractivity contribution < 1.29 is 0 Å². The quantitative estimate of drug-likeness (QED) is 0.671. The van der Waals surface area contributed by atoms with Gasteiger partial charge >= 0.3 is 0 Å². The molecule has 0 spiro atoms. The molecule has 0 amide bonds.